The van der Waals surface area contributed by atoms with Crippen molar-refractivity contribution in [1.29, 1.82) is 0 Å². The molecule has 0 saturated carbocycles. The van der Waals surface area contributed by atoms with E-state index in [1.54, 1.807) is 32.4 Å². The molecule has 0 heterocycles. The first kappa shape index (κ1) is 10.2. The maximum Gasteiger partial charge on any atom is 0.188 e. The molecule has 0 aromatic heterocycles. The monoisotopic (exact) mass is 202 g/mol. The van der Waals surface area contributed by atoms with Crippen molar-refractivity contribution in [3.63, 3.8) is 0 Å². The Hall–Kier alpha value is -0.930. The fourth-order valence-corrected chi connectivity index (χ4v) is 1.05. The van der Waals surface area contributed by atoms with Crippen molar-refractivity contribution in [2.75, 3.05) is 21.0 Å². The van der Waals surface area contributed by atoms with Crippen molar-refractivity contribution in [3.05, 3.63) is 23.2 Å². The summed E-state index contributed by atoms with van der Waals surface area (Å²) >= 11 is 5.76. The SMILES string of the molecule is COCOc1ccc(Cl)cc1OC. The largest absolute Gasteiger partial charge is 0.493 e. The minimum atomic E-state index is 0.192. The van der Waals surface area contributed by atoms with E-state index < -0.39 is 0 Å². The zero-order valence-electron chi connectivity index (χ0n) is 7.54. The lowest BCUT2D eigenvalue weighted by Crippen LogP contribution is -2.00. The van der Waals surface area contributed by atoms with Gasteiger partial charge in [0.05, 0.1) is 7.11 Å². The molecule has 1 rings (SSSR count). The average molecular weight is 203 g/mol. The summed E-state index contributed by atoms with van der Waals surface area (Å²) in [5.41, 5.74) is 0. The lowest BCUT2D eigenvalue weighted by Gasteiger charge is -2.09. The van der Waals surface area contributed by atoms with Gasteiger partial charge in [0.25, 0.3) is 0 Å². The van der Waals surface area contributed by atoms with Crippen molar-refractivity contribution < 1.29 is 14.2 Å². The van der Waals surface area contributed by atoms with Gasteiger partial charge in [-0.05, 0) is 12.1 Å². The molecule has 0 aliphatic carbocycles. The predicted octanol–water partition coefficient (Wildman–Crippen LogP) is 2.33. The second-order valence-corrected chi connectivity index (χ2v) is 2.78. The fraction of sp³-hybridized carbons (Fsp3) is 0.333. The van der Waals surface area contributed by atoms with Gasteiger partial charge in [0, 0.05) is 18.2 Å². The van der Waals surface area contributed by atoms with Gasteiger partial charge in [0.15, 0.2) is 18.3 Å². The Morgan fingerprint density at radius 2 is 2.00 bits per heavy atom. The highest BCUT2D eigenvalue weighted by molar-refractivity contribution is 6.30. The zero-order chi connectivity index (χ0) is 9.68. The van der Waals surface area contributed by atoms with E-state index in [0.717, 1.165) is 0 Å². The molecule has 1 aromatic carbocycles. The smallest absolute Gasteiger partial charge is 0.188 e. The van der Waals surface area contributed by atoms with E-state index in [2.05, 4.69) is 0 Å². The molecule has 0 unspecified atom stereocenters. The number of methoxy groups -OCH3 is 2. The number of hydrogen-bond donors (Lipinski definition) is 0. The number of ether oxygens (including phenoxy) is 3. The molecule has 0 amide bonds. The van der Waals surface area contributed by atoms with Crippen LogP contribution in [0.25, 0.3) is 0 Å². The maximum absolute atomic E-state index is 5.76. The van der Waals surface area contributed by atoms with Crippen LogP contribution >= 0.6 is 11.6 Å². The lowest BCUT2D eigenvalue weighted by molar-refractivity contribution is 0.0491. The van der Waals surface area contributed by atoms with Crippen molar-refractivity contribution in [1.82, 2.24) is 0 Å². The molecule has 0 bridgehead atoms. The summed E-state index contributed by atoms with van der Waals surface area (Å²) in [5, 5.41) is 0.613. The maximum atomic E-state index is 5.76. The fourth-order valence-electron chi connectivity index (χ4n) is 0.883. The molecule has 0 aliphatic heterocycles. The highest BCUT2D eigenvalue weighted by atomic mass is 35.5. The Labute approximate surface area is 82.2 Å². The van der Waals surface area contributed by atoms with Crippen LogP contribution in [0.4, 0.5) is 0 Å². The molecule has 0 N–H and O–H groups in total. The van der Waals surface area contributed by atoms with E-state index in [4.69, 9.17) is 25.8 Å². The molecule has 0 saturated heterocycles. The predicted molar refractivity (Wildman–Crippen MR) is 50.5 cm³/mol. The van der Waals surface area contributed by atoms with Gasteiger partial charge in [-0.1, -0.05) is 11.6 Å². The van der Waals surface area contributed by atoms with Gasteiger partial charge in [-0.2, -0.15) is 0 Å². The Bertz CT molecular complexity index is 276. The second-order valence-electron chi connectivity index (χ2n) is 2.35. The van der Waals surface area contributed by atoms with Crippen LogP contribution in [0.2, 0.25) is 5.02 Å². The van der Waals surface area contributed by atoms with Crippen LogP contribution in [0.5, 0.6) is 11.5 Å². The minimum Gasteiger partial charge on any atom is -0.493 e. The van der Waals surface area contributed by atoms with Crippen LogP contribution in [-0.2, 0) is 4.74 Å². The molecular weight excluding hydrogens is 192 g/mol. The van der Waals surface area contributed by atoms with Crippen molar-refractivity contribution in [2.24, 2.45) is 0 Å². The summed E-state index contributed by atoms with van der Waals surface area (Å²) in [6.07, 6.45) is 0. The Balaban J connectivity index is 2.79. The van der Waals surface area contributed by atoms with Crippen LogP contribution in [0.3, 0.4) is 0 Å². The Morgan fingerprint density at radius 3 is 2.62 bits per heavy atom. The zero-order valence-corrected chi connectivity index (χ0v) is 8.30. The standard InChI is InChI=1S/C9H11ClO3/c1-11-6-13-8-4-3-7(10)5-9(8)12-2/h3-5H,6H2,1-2H3. The van der Waals surface area contributed by atoms with Crippen molar-refractivity contribution >= 4 is 11.6 Å². The van der Waals surface area contributed by atoms with Crippen molar-refractivity contribution in [2.45, 2.75) is 0 Å². The summed E-state index contributed by atoms with van der Waals surface area (Å²) in [4.78, 5) is 0. The van der Waals surface area contributed by atoms with Gasteiger partial charge in [0.1, 0.15) is 0 Å². The molecule has 0 aliphatic rings. The summed E-state index contributed by atoms with van der Waals surface area (Å²) in [5.74, 6) is 1.22. The number of hydrogen-bond acceptors (Lipinski definition) is 3. The van der Waals surface area contributed by atoms with Gasteiger partial charge >= 0.3 is 0 Å². The lowest BCUT2D eigenvalue weighted by atomic mass is 10.3. The quantitative estimate of drug-likeness (QED) is 0.702. The number of rotatable bonds is 4. The topological polar surface area (TPSA) is 27.7 Å². The molecule has 0 spiro atoms. The van der Waals surface area contributed by atoms with Crippen molar-refractivity contribution in [3.8, 4) is 11.5 Å². The van der Waals surface area contributed by atoms with Gasteiger partial charge in [0.2, 0.25) is 0 Å². The highest BCUT2D eigenvalue weighted by Crippen LogP contribution is 2.29. The molecule has 0 radical (unpaired) electrons. The minimum absolute atomic E-state index is 0.192. The number of halogens is 1. The van der Waals surface area contributed by atoms with Gasteiger partial charge in [-0.15, -0.1) is 0 Å². The molecule has 0 fully saturated rings. The molecular formula is C9H11ClO3. The molecule has 0 atom stereocenters. The van der Waals surface area contributed by atoms with Crippen LogP contribution in [-0.4, -0.2) is 21.0 Å². The first-order valence-corrected chi connectivity index (χ1v) is 4.11. The summed E-state index contributed by atoms with van der Waals surface area (Å²) < 4.78 is 15.0. The van der Waals surface area contributed by atoms with Crippen LogP contribution in [0.1, 0.15) is 0 Å². The van der Waals surface area contributed by atoms with E-state index in [1.165, 1.54) is 0 Å². The summed E-state index contributed by atoms with van der Waals surface area (Å²) in [6, 6.07) is 5.15. The van der Waals surface area contributed by atoms with Gasteiger partial charge in [-0.25, -0.2) is 0 Å². The first-order chi connectivity index (χ1) is 6.27. The summed E-state index contributed by atoms with van der Waals surface area (Å²) in [6.45, 7) is 0.192. The van der Waals surface area contributed by atoms with Crippen LogP contribution < -0.4 is 9.47 Å². The van der Waals surface area contributed by atoms with E-state index >= 15 is 0 Å². The average Bonchev–Trinajstić information content (AvgIpc) is 2.16. The molecule has 13 heavy (non-hydrogen) atoms. The van der Waals surface area contributed by atoms with Gasteiger partial charge < -0.3 is 14.2 Å². The van der Waals surface area contributed by atoms with Crippen LogP contribution in [0.15, 0.2) is 18.2 Å². The second kappa shape index (κ2) is 4.94. The third kappa shape index (κ3) is 2.79. The van der Waals surface area contributed by atoms with Gasteiger partial charge in [-0.3, -0.25) is 0 Å². The van der Waals surface area contributed by atoms with Crippen LogP contribution in [0, 0.1) is 0 Å². The molecule has 1 aromatic rings. The Kier molecular flexibility index (Phi) is 3.86. The van der Waals surface area contributed by atoms with E-state index in [1.807, 2.05) is 0 Å². The highest BCUT2D eigenvalue weighted by Gasteiger charge is 2.03. The number of benzene rings is 1. The Morgan fingerprint density at radius 1 is 1.23 bits per heavy atom. The summed E-state index contributed by atoms with van der Waals surface area (Å²) in [7, 11) is 3.12. The van der Waals surface area contributed by atoms with E-state index in [-0.39, 0.29) is 6.79 Å². The normalized spacial score (nSPS) is 9.77. The van der Waals surface area contributed by atoms with E-state index in [0.29, 0.717) is 16.5 Å². The molecule has 4 heteroatoms. The third-order valence-electron chi connectivity index (χ3n) is 1.46. The molecule has 3 nitrogen and oxygen atoms in total. The molecule has 72 valence electrons. The first-order valence-electron chi connectivity index (χ1n) is 3.73. The van der Waals surface area contributed by atoms with E-state index in [9.17, 15) is 0 Å². The third-order valence-corrected chi connectivity index (χ3v) is 1.69.